The molecule has 0 saturated heterocycles. The van der Waals surface area contributed by atoms with Crippen molar-refractivity contribution >= 4 is 0 Å². The van der Waals surface area contributed by atoms with E-state index in [2.05, 4.69) is 0 Å². The van der Waals surface area contributed by atoms with E-state index < -0.39 is 46.0 Å². The highest BCUT2D eigenvalue weighted by Gasteiger charge is 2.35. The molecule has 0 amide bonds. The highest BCUT2D eigenvalue weighted by Crippen LogP contribution is 2.27. The molecule has 1 aromatic carbocycles. The van der Waals surface area contributed by atoms with Crippen LogP contribution in [0, 0.1) is 24.0 Å². The summed E-state index contributed by atoms with van der Waals surface area (Å²) in [6.07, 6.45) is -0.0320. The van der Waals surface area contributed by atoms with Gasteiger partial charge in [-0.05, 0) is 12.1 Å². The van der Waals surface area contributed by atoms with Gasteiger partial charge in [0.1, 0.15) is 17.3 Å². The molecule has 1 aromatic heterocycles. The maximum absolute atomic E-state index is 13.6. The molecule has 0 unspecified atom stereocenters. The molecule has 0 spiro atoms. The lowest BCUT2D eigenvalue weighted by Crippen LogP contribution is -2.40. The summed E-state index contributed by atoms with van der Waals surface area (Å²) < 4.78 is 65.8. The lowest BCUT2D eigenvalue weighted by molar-refractivity contribution is -0.144. The zero-order valence-electron chi connectivity index (χ0n) is 11.4. The fraction of sp³-hybridized carbons (Fsp3) is 0.143. The number of terminal acetylenes is 1. The summed E-state index contributed by atoms with van der Waals surface area (Å²) in [5, 5.41) is 0. The largest absolute Gasteiger partial charge is 0.431 e. The van der Waals surface area contributed by atoms with Gasteiger partial charge in [-0.25, -0.2) is 18.1 Å². The topological polar surface area (TPSA) is 44.0 Å². The van der Waals surface area contributed by atoms with Crippen molar-refractivity contribution < 1.29 is 22.0 Å². The Balaban J connectivity index is 2.83. The number of benzene rings is 1. The van der Waals surface area contributed by atoms with Gasteiger partial charge in [0, 0.05) is 13.1 Å². The first-order valence-electron chi connectivity index (χ1n) is 5.94. The van der Waals surface area contributed by atoms with E-state index in [1.54, 1.807) is 5.92 Å². The zero-order valence-corrected chi connectivity index (χ0v) is 11.4. The summed E-state index contributed by atoms with van der Waals surface area (Å²) in [6.45, 7) is 0. The lowest BCUT2D eigenvalue weighted by Gasteiger charge is -2.14. The van der Waals surface area contributed by atoms with Crippen LogP contribution in [0.1, 0.15) is 11.3 Å². The molecule has 9 heteroatoms. The SMILES string of the molecule is C#Cc1c(F)cc(-n2c(=O)cc(C(F)(F)F)n(C)c2=O)cc1F. The van der Waals surface area contributed by atoms with Crippen molar-refractivity contribution in [2.45, 2.75) is 6.18 Å². The third kappa shape index (κ3) is 2.75. The van der Waals surface area contributed by atoms with Crippen molar-refractivity contribution in [2.24, 2.45) is 7.05 Å². The molecule has 120 valence electrons. The molecule has 0 aliphatic carbocycles. The van der Waals surface area contributed by atoms with Crippen LogP contribution < -0.4 is 11.2 Å². The monoisotopic (exact) mass is 330 g/mol. The van der Waals surface area contributed by atoms with Gasteiger partial charge in [0.2, 0.25) is 0 Å². The Bertz CT molecular complexity index is 925. The molecular formula is C14H7F5N2O2. The number of nitrogens with zero attached hydrogens (tertiary/aromatic N) is 2. The third-order valence-electron chi connectivity index (χ3n) is 3.04. The van der Waals surface area contributed by atoms with Crippen molar-refractivity contribution in [1.82, 2.24) is 9.13 Å². The van der Waals surface area contributed by atoms with E-state index in [9.17, 15) is 31.5 Å². The van der Waals surface area contributed by atoms with Crippen molar-refractivity contribution in [3.05, 3.63) is 61.9 Å². The fourth-order valence-corrected chi connectivity index (χ4v) is 1.96. The summed E-state index contributed by atoms with van der Waals surface area (Å²) in [4.78, 5) is 23.8. The Labute approximate surface area is 125 Å². The normalized spacial score (nSPS) is 11.3. The van der Waals surface area contributed by atoms with Crippen molar-refractivity contribution in [1.29, 1.82) is 0 Å². The van der Waals surface area contributed by atoms with Crippen LogP contribution in [0.5, 0.6) is 0 Å². The molecule has 0 aliphatic heterocycles. The van der Waals surface area contributed by atoms with E-state index in [-0.39, 0.29) is 15.2 Å². The van der Waals surface area contributed by atoms with Gasteiger partial charge in [0.05, 0.1) is 11.3 Å². The number of hydrogen-bond donors (Lipinski definition) is 0. The fourth-order valence-electron chi connectivity index (χ4n) is 1.96. The van der Waals surface area contributed by atoms with Gasteiger partial charge < -0.3 is 0 Å². The second-order valence-corrected chi connectivity index (χ2v) is 4.47. The molecule has 2 aromatic rings. The van der Waals surface area contributed by atoms with E-state index >= 15 is 0 Å². The molecule has 0 bridgehead atoms. The molecule has 0 saturated carbocycles. The molecule has 1 heterocycles. The molecule has 4 nitrogen and oxygen atoms in total. The first-order valence-corrected chi connectivity index (χ1v) is 5.94. The number of alkyl halides is 3. The third-order valence-corrected chi connectivity index (χ3v) is 3.04. The molecular weight excluding hydrogens is 323 g/mol. The quantitative estimate of drug-likeness (QED) is 0.591. The number of hydrogen-bond acceptors (Lipinski definition) is 2. The average Bonchev–Trinajstić information content (AvgIpc) is 2.41. The minimum Gasteiger partial charge on any atom is -0.292 e. The maximum Gasteiger partial charge on any atom is 0.431 e. The van der Waals surface area contributed by atoms with Crippen LogP contribution in [0.25, 0.3) is 5.69 Å². The summed E-state index contributed by atoms with van der Waals surface area (Å²) >= 11 is 0. The minimum atomic E-state index is -4.93. The second-order valence-electron chi connectivity index (χ2n) is 4.47. The standard InChI is InChI=1S/C14H7F5N2O2/c1-3-8-9(15)4-7(5-10(8)16)21-12(22)6-11(14(17,18)19)20(2)13(21)23/h1,4-6H,2H3. The molecule has 0 N–H and O–H groups in total. The van der Waals surface area contributed by atoms with E-state index in [0.29, 0.717) is 12.1 Å². The van der Waals surface area contributed by atoms with Crippen molar-refractivity contribution in [3.8, 4) is 18.0 Å². The van der Waals surface area contributed by atoms with Crippen LogP contribution in [0.3, 0.4) is 0 Å². The first kappa shape index (κ1) is 16.5. The summed E-state index contributed by atoms with van der Waals surface area (Å²) in [5.41, 5.74) is -5.56. The Hall–Kier alpha value is -2.89. The maximum atomic E-state index is 13.6. The van der Waals surface area contributed by atoms with Gasteiger partial charge in [-0.3, -0.25) is 9.36 Å². The Morgan fingerprint density at radius 1 is 1.09 bits per heavy atom. The number of halogens is 5. The van der Waals surface area contributed by atoms with Crippen LogP contribution in [0.15, 0.2) is 27.8 Å². The molecule has 0 fully saturated rings. The van der Waals surface area contributed by atoms with E-state index in [1.807, 2.05) is 0 Å². The van der Waals surface area contributed by atoms with Crippen molar-refractivity contribution in [2.75, 3.05) is 0 Å². The van der Waals surface area contributed by atoms with E-state index in [1.165, 1.54) is 0 Å². The predicted octanol–water partition coefficient (Wildman–Crippen LogP) is 1.81. The Kier molecular flexibility index (Phi) is 3.86. The highest BCUT2D eigenvalue weighted by molar-refractivity contribution is 5.43. The van der Waals surface area contributed by atoms with Gasteiger partial charge in [0.15, 0.2) is 0 Å². The Morgan fingerprint density at radius 3 is 2.04 bits per heavy atom. The summed E-state index contributed by atoms with van der Waals surface area (Å²) in [6, 6.07) is 1.34. The lowest BCUT2D eigenvalue weighted by atomic mass is 10.2. The average molecular weight is 330 g/mol. The number of rotatable bonds is 1. The smallest absolute Gasteiger partial charge is 0.292 e. The van der Waals surface area contributed by atoms with Crippen molar-refractivity contribution in [3.63, 3.8) is 0 Å². The van der Waals surface area contributed by atoms with Gasteiger partial charge in [-0.15, -0.1) is 6.42 Å². The molecule has 0 radical (unpaired) electrons. The van der Waals surface area contributed by atoms with Crippen LogP contribution in [-0.4, -0.2) is 9.13 Å². The summed E-state index contributed by atoms with van der Waals surface area (Å²) in [7, 11) is 0.781. The van der Waals surface area contributed by atoms with Crippen LogP contribution in [0.2, 0.25) is 0 Å². The van der Waals surface area contributed by atoms with Gasteiger partial charge in [-0.2, -0.15) is 13.2 Å². The van der Waals surface area contributed by atoms with E-state index in [4.69, 9.17) is 6.42 Å². The van der Waals surface area contributed by atoms with Gasteiger partial charge in [-0.1, -0.05) is 5.92 Å². The van der Waals surface area contributed by atoms with Gasteiger partial charge in [0.25, 0.3) is 5.56 Å². The minimum absolute atomic E-state index is 0.159. The van der Waals surface area contributed by atoms with Crippen LogP contribution in [0.4, 0.5) is 22.0 Å². The first-order chi connectivity index (χ1) is 10.6. The van der Waals surface area contributed by atoms with Crippen LogP contribution >= 0.6 is 0 Å². The molecule has 23 heavy (non-hydrogen) atoms. The number of aromatic nitrogens is 2. The van der Waals surface area contributed by atoms with Crippen LogP contribution in [-0.2, 0) is 13.2 Å². The molecule has 0 atom stereocenters. The predicted molar refractivity (Wildman–Crippen MR) is 70.1 cm³/mol. The second kappa shape index (κ2) is 5.39. The van der Waals surface area contributed by atoms with Gasteiger partial charge >= 0.3 is 11.9 Å². The Morgan fingerprint density at radius 2 is 1.61 bits per heavy atom. The highest BCUT2D eigenvalue weighted by atomic mass is 19.4. The van der Waals surface area contributed by atoms with E-state index in [0.717, 1.165) is 7.05 Å². The zero-order chi connectivity index (χ0) is 17.5. The molecule has 0 aliphatic rings. The molecule has 2 rings (SSSR count). The summed E-state index contributed by atoms with van der Waals surface area (Å²) in [5.74, 6) is -0.709.